The highest BCUT2D eigenvalue weighted by Gasteiger charge is 2.41. The Labute approximate surface area is 84.9 Å². The maximum atomic E-state index is 3.46. The third kappa shape index (κ3) is 1.35. The van der Waals surface area contributed by atoms with Crippen molar-refractivity contribution in [3.05, 3.63) is 35.9 Å². The summed E-state index contributed by atoms with van der Waals surface area (Å²) in [5.41, 5.74) is 1.44. The van der Waals surface area contributed by atoms with Gasteiger partial charge in [0.1, 0.15) is 0 Å². The van der Waals surface area contributed by atoms with Crippen molar-refractivity contribution in [1.29, 1.82) is 0 Å². The number of hydrogen-bond acceptors (Lipinski definition) is 2. The Kier molecular flexibility index (Phi) is 2.03. The number of likely N-dealkylation sites (tertiary alicyclic amines) is 1. The average Bonchev–Trinajstić information content (AvgIpc) is 2.58. The van der Waals surface area contributed by atoms with Crippen molar-refractivity contribution in [1.82, 2.24) is 10.2 Å². The van der Waals surface area contributed by atoms with Crippen molar-refractivity contribution in [3.8, 4) is 0 Å². The van der Waals surface area contributed by atoms with Gasteiger partial charge >= 0.3 is 0 Å². The van der Waals surface area contributed by atoms with E-state index in [0.717, 1.165) is 18.5 Å². The van der Waals surface area contributed by atoms with Gasteiger partial charge < -0.3 is 5.32 Å². The third-order valence-electron chi connectivity index (χ3n) is 3.47. The van der Waals surface area contributed by atoms with Gasteiger partial charge in [-0.3, -0.25) is 4.90 Å². The maximum Gasteiger partial charge on any atom is 0.0276 e. The van der Waals surface area contributed by atoms with Gasteiger partial charge in [0.15, 0.2) is 0 Å². The van der Waals surface area contributed by atoms with Gasteiger partial charge in [0.2, 0.25) is 0 Å². The van der Waals surface area contributed by atoms with Gasteiger partial charge in [-0.1, -0.05) is 30.3 Å². The summed E-state index contributed by atoms with van der Waals surface area (Å²) in [4.78, 5) is 2.58. The molecule has 2 nitrogen and oxygen atoms in total. The molecule has 2 fully saturated rings. The lowest BCUT2D eigenvalue weighted by atomic mass is 9.91. The molecule has 2 aliphatic rings. The monoisotopic (exact) mass is 188 g/mol. The largest absolute Gasteiger partial charge is 0.315 e. The van der Waals surface area contributed by atoms with Gasteiger partial charge in [0.05, 0.1) is 0 Å². The summed E-state index contributed by atoms with van der Waals surface area (Å²) in [5.74, 6) is 0.929. The van der Waals surface area contributed by atoms with Gasteiger partial charge in [-0.05, 0) is 5.56 Å². The van der Waals surface area contributed by atoms with Crippen LogP contribution < -0.4 is 5.32 Å². The Morgan fingerprint density at radius 2 is 2.07 bits per heavy atom. The molecule has 2 heterocycles. The highest BCUT2D eigenvalue weighted by atomic mass is 15.3. The van der Waals surface area contributed by atoms with E-state index in [-0.39, 0.29) is 0 Å². The van der Waals surface area contributed by atoms with Crippen molar-refractivity contribution in [2.24, 2.45) is 5.92 Å². The van der Waals surface area contributed by atoms with Crippen molar-refractivity contribution < 1.29 is 0 Å². The highest BCUT2D eigenvalue weighted by Crippen LogP contribution is 2.29. The Hall–Kier alpha value is -0.860. The molecule has 2 saturated heterocycles. The van der Waals surface area contributed by atoms with Crippen LogP contribution in [0.4, 0.5) is 0 Å². The lowest BCUT2D eigenvalue weighted by Gasteiger charge is -2.43. The second-order valence-electron chi connectivity index (χ2n) is 4.40. The molecular weight excluding hydrogens is 172 g/mol. The van der Waals surface area contributed by atoms with Crippen molar-refractivity contribution >= 4 is 0 Å². The first-order valence-electron chi connectivity index (χ1n) is 5.42. The van der Waals surface area contributed by atoms with E-state index in [1.165, 1.54) is 25.2 Å². The minimum Gasteiger partial charge on any atom is -0.315 e. The minimum atomic E-state index is 0.815. The molecule has 2 aliphatic heterocycles. The fourth-order valence-corrected chi connectivity index (χ4v) is 2.63. The standard InChI is InChI=1S/C12H16N2/c1-2-4-10(5-3-1)8-14-9-11-6-13-7-12(11)14/h1-5,11-13H,6-9H2/t11-,12-/m0/s1. The van der Waals surface area contributed by atoms with Gasteiger partial charge in [-0.25, -0.2) is 0 Å². The summed E-state index contributed by atoms with van der Waals surface area (Å²) >= 11 is 0. The molecule has 0 amide bonds. The Balaban J connectivity index is 1.64. The Morgan fingerprint density at radius 1 is 1.21 bits per heavy atom. The second-order valence-corrected chi connectivity index (χ2v) is 4.40. The molecule has 3 rings (SSSR count). The Bertz CT molecular complexity index is 309. The van der Waals surface area contributed by atoms with E-state index in [4.69, 9.17) is 0 Å². The van der Waals surface area contributed by atoms with E-state index in [9.17, 15) is 0 Å². The van der Waals surface area contributed by atoms with Gasteiger partial charge in [0.25, 0.3) is 0 Å². The fraction of sp³-hybridized carbons (Fsp3) is 0.500. The third-order valence-corrected chi connectivity index (χ3v) is 3.47. The van der Waals surface area contributed by atoms with Crippen LogP contribution in [0, 0.1) is 5.92 Å². The van der Waals surface area contributed by atoms with E-state index in [1.807, 2.05) is 0 Å². The first-order chi connectivity index (χ1) is 6.93. The van der Waals surface area contributed by atoms with E-state index in [1.54, 1.807) is 0 Å². The molecule has 0 spiro atoms. The van der Waals surface area contributed by atoms with E-state index in [0.29, 0.717) is 0 Å². The van der Waals surface area contributed by atoms with Crippen LogP contribution in [0.25, 0.3) is 0 Å². The quantitative estimate of drug-likeness (QED) is 0.747. The van der Waals surface area contributed by atoms with Crippen molar-refractivity contribution in [2.75, 3.05) is 19.6 Å². The molecule has 2 atom stereocenters. The summed E-state index contributed by atoms with van der Waals surface area (Å²) in [5, 5.41) is 3.46. The smallest absolute Gasteiger partial charge is 0.0276 e. The zero-order valence-electron chi connectivity index (χ0n) is 8.32. The lowest BCUT2D eigenvalue weighted by molar-refractivity contribution is 0.0436. The van der Waals surface area contributed by atoms with Crippen LogP contribution in [0.15, 0.2) is 30.3 Å². The predicted molar refractivity (Wildman–Crippen MR) is 57.0 cm³/mol. The van der Waals surface area contributed by atoms with Crippen LogP contribution in [0.5, 0.6) is 0 Å². The van der Waals surface area contributed by atoms with Crippen LogP contribution in [-0.4, -0.2) is 30.6 Å². The number of benzene rings is 1. The number of rotatable bonds is 2. The van der Waals surface area contributed by atoms with Crippen LogP contribution in [0.2, 0.25) is 0 Å². The first-order valence-corrected chi connectivity index (χ1v) is 5.42. The topological polar surface area (TPSA) is 15.3 Å². The highest BCUT2D eigenvalue weighted by molar-refractivity contribution is 5.16. The summed E-state index contributed by atoms with van der Waals surface area (Å²) in [6.07, 6.45) is 0. The van der Waals surface area contributed by atoms with Crippen LogP contribution in [0.1, 0.15) is 5.56 Å². The SMILES string of the molecule is c1ccc(CN2C[C@@H]3CNC[C@@H]32)cc1. The molecule has 0 unspecified atom stereocenters. The summed E-state index contributed by atoms with van der Waals surface area (Å²) in [7, 11) is 0. The molecule has 1 aromatic rings. The van der Waals surface area contributed by atoms with Crippen LogP contribution >= 0.6 is 0 Å². The molecule has 0 aliphatic carbocycles. The fourth-order valence-electron chi connectivity index (χ4n) is 2.63. The number of hydrogen-bond donors (Lipinski definition) is 1. The van der Waals surface area contributed by atoms with E-state index < -0.39 is 0 Å². The number of nitrogens with zero attached hydrogens (tertiary/aromatic N) is 1. The van der Waals surface area contributed by atoms with Crippen LogP contribution in [0.3, 0.4) is 0 Å². The first kappa shape index (κ1) is 8.45. The van der Waals surface area contributed by atoms with Crippen molar-refractivity contribution in [3.63, 3.8) is 0 Å². The minimum absolute atomic E-state index is 0.815. The van der Waals surface area contributed by atoms with E-state index in [2.05, 4.69) is 40.5 Å². The van der Waals surface area contributed by atoms with Crippen molar-refractivity contribution in [2.45, 2.75) is 12.6 Å². The zero-order chi connectivity index (χ0) is 9.38. The molecule has 0 radical (unpaired) electrons. The van der Waals surface area contributed by atoms with Gasteiger partial charge in [-0.15, -0.1) is 0 Å². The maximum absolute atomic E-state index is 3.46. The zero-order valence-corrected chi connectivity index (χ0v) is 8.32. The van der Waals surface area contributed by atoms with Crippen LogP contribution in [-0.2, 0) is 6.54 Å². The normalized spacial score (nSPS) is 31.1. The summed E-state index contributed by atoms with van der Waals surface area (Å²) in [6, 6.07) is 11.6. The van der Waals surface area contributed by atoms with E-state index >= 15 is 0 Å². The summed E-state index contributed by atoms with van der Waals surface area (Å²) < 4.78 is 0. The number of fused-ring (bicyclic) bond motifs is 1. The van der Waals surface area contributed by atoms with Gasteiger partial charge in [-0.2, -0.15) is 0 Å². The molecule has 1 aromatic carbocycles. The molecular formula is C12H16N2. The molecule has 1 N–H and O–H groups in total. The second kappa shape index (κ2) is 3.37. The molecule has 14 heavy (non-hydrogen) atoms. The lowest BCUT2D eigenvalue weighted by Crippen LogP contribution is -2.54. The predicted octanol–water partition coefficient (Wildman–Crippen LogP) is 1.09. The average molecular weight is 188 g/mol. The summed E-state index contributed by atoms with van der Waals surface area (Å²) in [6.45, 7) is 4.84. The molecule has 2 heteroatoms. The van der Waals surface area contributed by atoms with Gasteiger partial charge in [0, 0.05) is 38.1 Å². The Morgan fingerprint density at radius 3 is 2.86 bits per heavy atom. The molecule has 0 bridgehead atoms. The molecule has 0 saturated carbocycles. The molecule has 0 aromatic heterocycles. The molecule has 74 valence electrons. The number of nitrogens with one attached hydrogen (secondary N) is 1.